The molecule has 2 nitrogen and oxygen atoms in total. The molecule has 0 fully saturated rings. The molecule has 0 aliphatic heterocycles. The summed E-state index contributed by atoms with van der Waals surface area (Å²) in [5, 5.41) is 5.45. The number of hydrogen-bond acceptors (Lipinski definition) is 1. The summed E-state index contributed by atoms with van der Waals surface area (Å²) in [7, 11) is 0. The molecular formula is C10H8Cl2N2. The van der Waals surface area contributed by atoms with Gasteiger partial charge < -0.3 is 0 Å². The molecule has 1 aromatic heterocycles. The molecule has 2 rings (SSSR count). The van der Waals surface area contributed by atoms with E-state index in [2.05, 4.69) is 5.10 Å². The molecule has 0 spiro atoms. The van der Waals surface area contributed by atoms with E-state index in [0.717, 1.165) is 11.3 Å². The lowest BCUT2D eigenvalue weighted by Gasteiger charge is -2.03. The molecule has 0 atom stereocenters. The van der Waals surface area contributed by atoms with E-state index in [1.165, 1.54) is 0 Å². The Morgan fingerprint density at radius 3 is 2.71 bits per heavy atom. The van der Waals surface area contributed by atoms with Crippen molar-refractivity contribution >= 4 is 23.2 Å². The predicted octanol–water partition coefficient (Wildman–Crippen LogP) is 3.49. The summed E-state index contributed by atoms with van der Waals surface area (Å²) in [5.41, 5.74) is 1.88. The van der Waals surface area contributed by atoms with E-state index in [1.54, 1.807) is 29.1 Å². The number of nitrogens with zero attached hydrogens (tertiary/aromatic N) is 2. The number of benzene rings is 1. The van der Waals surface area contributed by atoms with E-state index in [0.29, 0.717) is 10.0 Å². The zero-order valence-electron chi connectivity index (χ0n) is 7.54. The Hall–Kier alpha value is -0.990. The van der Waals surface area contributed by atoms with Gasteiger partial charge in [0.15, 0.2) is 0 Å². The van der Waals surface area contributed by atoms with Crippen LogP contribution >= 0.6 is 23.2 Å². The Labute approximate surface area is 92.1 Å². The molecule has 1 aromatic carbocycles. The Morgan fingerprint density at radius 1 is 1.29 bits per heavy atom. The summed E-state index contributed by atoms with van der Waals surface area (Å²) in [4.78, 5) is 0. The van der Waals surface area contributed by atoms with Crippen LogP contribution in [0.5, 0.6) is 0 Å². The van der Waals surface area contributed by atoms with Crippen LogP contribution in [0.3, 0.4) is 0 Å². The minimum absolute atomic E-state index is 0.637. The largest absolute Gasteiger partial charge is 0.239 e. The second kappa shape index (κ2) is 3.64. The van der Waals surface area contributed by atoms with Gasteiger partial charge in [0.2, 0.25) is 0 Å². The maximum absolute atomic E-state index is 6.02. The number of halogens is 2. The molecule has 0 radical (unpaired) electrons. The summed E-state index contributed by atoms with van der Waals surface area (Å²) >= 11 is 11.9. The summed E-state index contributed by atoms with van der Waals surface area (Å²) in [6, 6.07) is 5.30. The number of rotatable bonds is 1. The molecule has 0 unspecified atom stereocenters. The Morgan fingerprint density at radius 2 is 2.07 bits per heavy atom. The first kappa shape index (κ1) is 9.56. The van der Waals surface area contributed by atoms with Gasteiger partial charge in [0.05, 0.1) is 16.9 Å². The lowest BCUT2D eigenvalue weighted by molar-refractivity contribution is 0.880. The minimum Gasteiger partial charge on any atom is -0.239 e. The fourth-order valence-electron chi connectivity index (χ4n) is 1.21. The van der Waals surface area contributed by atoms with Crippen molar-refractivity contribution in [3.63, 3.8) is 0 Å². The molecule has 0 aliphatic rings. The molecule has 0 saturated carbocycles. The Balaban J connectivity index is 2.55. The van der Waals surface area contributed by atoms with Crippen molar-refractivity contribution < 1.29 is 0 Å². The van der Waals surface area contributed by atoms with Crippen molar-refractivity contribution in [3.05, 3.63) is 46.2 Å². The van der Waals surface area contributed by atoms with Crippen LogP contribution in [0.2, 0.25) is 10.0 Å². The van der Waals surface area contributed by atoms with Gasteiger partial charge in [-0.15, -0.1) is 0 Å². The SMILES string of the molecule is Cc1cnn(-c2cc(Cl)ccc2Cl)c1. The Kier molecular flexibility index (Phi) is 2.48. The molecule has 0 aliphatic carbocycles. The van der Waals surface area contributed by atoms with Crippen molar-refractivity contribution in [2.24, 2.45) is 0 Å². The standard InChI is InChI=1S/C10H8Cl2N2/c1-7-5-13-14(6-7)10-4-8(11)2-3-9(10)12/h2-6H,1H3. The molecule has 0 amide bonds. The maximum Gasteiger partial charge on any atom is 0.0846 e. The highest BCUT2D eigenvalue weighted by Gasteiger charge is 2.04. The highest BCUT2D eigenvalue weighted by molar-refractivity contribution is 6.34. The molecule has 1 heterocycles. The van der Waals surface area contributed by atoms with Crippen LogP contribution in [0.4, 0.5) is 0 Å². The number of aryl methyl sites for hydroxylation is 1. The average Bonchev–Trinajstić information content (AvgIpc) is 2.56. The van der Waals surface area contributed by atoms with Gasteiger partial charge in [-0.25, -0.2) is 4.68 Å². The van der Waals surface area contributed by atoms with Crippen molar-refractivity contribution in [1.82, 2.24) is 9.78 Å². The van der Waals surface area contributed by atoms with Gasteiger partial charge in [-0.2, -0.15) is 5.10 Å². The summed E-state index contributed by atoms with van der Waals surface area (Å²) < 4.78 is 1.71. The van der Waals surface area contributed by atoms with Crippen LogP contribution in [0, 0.1) is 6.92 Å². The smallest absolute Gasteiger partial charge is 0.0846 e. The van der Waals surface area contributed by atoms with Crippen molar-refractivity contribution in [1.29, 1.82) is 0 Å². The third-order valence-electron chi connectivity index (χ3n) is 1.87. The second-order valence-corrected chi connectivity index (χ2v) is 3.90. The van der Waals surface area contributed by atoms with Gasteiger partial charge in [0.25, 0.3) is 0 Å². The summed E-state index contributed by atoms with van der Waals surface area (Å²) in [6.07, 6.45) is 3.68. The molecule has 4 heteroatoms. The molecule has 2 aromatic rings. The third kappa shape index (κ3) is 1.76. The molecule has 0 bridgehead atoms. The van der Waals surface area contributed by atoms with Gasteiger partial charge in [0, 0.05) is 11.2 Å². The van der Waals surface area contributed by atoms with Crippen LogP contribution in [0.25, 0.3) is 5.69 Å². The van der Waals surface area contributed by atoms with Crippen LogP contribution in [0.15, 0.2) is 30.6 Å². The molecular weight excluding hydrogens is 219 g/mol. The summed E-state index contributed by atoms with van der Waals surface area (Å²) in [5.74, 6) is 0. The first-order valence-corrected chi connectivity index (χ1v) is 4.89. The minimum atomic E-state index is 0.637. The average molecular weight is 227 g/mol. The van der Waals surface area contributed by atoms with Gasteiger partial charge in [-0.1, -0.05) is 23.2 Å². The molecule has 14 heavy (non-hydrogen) atoms. The third-order valence-corrected chi connectivity index (χ3v) is 2.42. The van der Waals surface area contributed by atoms with Crippen LogP contribution in [-0.2, 0) is 0 Å². The highest BCUT2D eigenvalue weighted by Crippen LogP contribution is 2.23. The fourth-order valence-corrected chi connectivity index (χ4v) is 1.58. The van der Waals surface area contributed by atoms with Gasteiger partial charge >= 0.3 is 0 Å². The fraction of sp³-hybridized carbons (Fsp3) is 0.100. The van der Waals surface area contributed by atoms with Gasteiger partial charge in [-0.3, -0.25) is 0 Å². The van der Waals surface area contributed by atoms with E-state index < -0.39 is 0 Å². The normalized spacial score (nSPS) is 10.5. The monoisotopic (exact) mass is 226 g/mol. The first-order chi connectivity index (χ1) is 6.66. The van der Waals surface area contributed by atoms with E-state index in [-0.39, 0.29) is 0 Å². The van der Waals surface area contributed by atoms with Gasteiger partial charge in [0.1, 0.15) is 0 Å². The van der Waals surface area contributed by atoms with Crippen LogP contribution < -0.4 is 0 Å². The van der Waals surface area contributed by atoms with E-state index in [4.69, 9.17) is 23.2 Å². The van der Waals surface area contributed by atoms with E-state index >= 15 is 0 Å². The van der Waals surface area contributed by atoms with Crippen molar-refractivity contribution in [3.8, 4) is 5.69 Å². The van der Waals surface area contributed by atoms with Crippen LogP contribution in [0.1, 0.15) is 5.56 Å². The quantitative estimate of drug-likeness (QED) is 0.729. The molecule has 0 N–H and O–H groups in total. The molecule has 0 saturated heterocycles. The first-order valence-electron chi connectivity index (χ1n) is 4.13. The van der Waals surface area contributed by atoms with Crippen molar-refractivity contribution in [2.45, 2.75) is 6.92 Å². The van der Waals surface area contributed by atoms with Crippen LogP contribution in [-0.4, -0.2) is 9.78 Å². The lowest BCUT2D eigenvalue weighted by Crippen LogP contribution is -1.94. The maximum atomic E-state index is 6.02. The lowest BCUT2D eigenvalue weighted by atomic mass is 10.3. The Bertz CT molecular complexity index is 463. The summed E-state index contributed by atoms with van der Waals surface area (Å²) in [6.45, 7) is 1.97. The van der Waals surface area contributed by atoms with E-state index in [1.807, 2.05) is 13.1 Å². The molecule has 72 valence electrons. The van der Waals surface area contributed by atoms with Crippen molar-refractivity contribution in [2.75, 3.05) is 0 Å². The van der Waals surface area contributed by atoms with E-state index in [9.17, 15) is 0 Å². The predicted molar refractivity (Wildman–Crippen MR) is 58.3 cm³/mol. The zero-order valence-corrected chi connectivity index (χ0v) is 9.05. The number of hydrogen-bond donors (Lipinski definition) is 0. The second-order valence-electron chi connectivity index (χ2n) is 3.06. The topological polar surface area (TPSA) is 17.8 Å². The van der Waals surface area contributed by atoms with Gasteiger partial charge in [-0.05, 0) is 30.7 Å². The number of aromatic nitrogens is 2. The zero-order chi connectivity index (χ0) is 10.1. The highest BCUT2D eigenvalue weighted by atomic mass is 35.5.